The van der Waals surface area contributed by atoms with E-state index in [0.717, 1.165) is 57.0 Å². The van der Waals surface area contributed by atoms with Gasteiger partial charge >= 0.3 is 0 Å². The third-order valence-electron chi connectivity index (χ3n) is 4.72. The number of amides is 1. The molecule has 5 heteroatoms. The van der Waals surface area contributed by atoms with Crippen molar-refractivity contribution in [3.63, 3.8) is 0 Å². The Hall–Kier alpha value is -1.04. The van der Waals surface area contributed by atoms with E-state index in [4.69, 9.17) is 4.74 Å². The van der Waals surface area contributed by atoms with Gasteiger partial charge in [-0.3, -0.25) is 4.79 Å². The van der Waals surface area contributed by atoms with Gasteiger partial charge in [-0.2, -0.15) is 11.8 Å². The van der Waals surface area contributed by atoms with Crippen LogP contribution in [0, 0.1) is 0 Å². The number of thioether (sulfide) groups is 1. The topological polar surface area (TPSA) is 41.6 Å². The van der Waals surface area contributed by atoms with Crippen molar-refractivity contribution in [3.05, 3.63) is 35.9 Å². The maximum Gasteiger partial charge on any atom is 0.224 e. The number of nitrogens with one attached hydrogen (secondary N) is 1. The lowest BCUT2D eigenvalue weighted by molar-refractivity contribution is -0.131. The van der Waals surface area contributed by atoms with E-state index in [0.29, 0.717) is 12.5 Å². The van der Waals surface area contributed by atoms with Gasteiger partial charge in [-0.1, -0.05) is 30.3 Å². The fourth-order valence-corrected chi connectivity index (χ4v) is 4.30. The minimum atomic E-state index is 0.221. The molecule has 0 aliphatic carbocycles. The van der Waals surface area contributed by atoms with Crippen molar-refractivity contribution in [2.75, 3.05) is 37.7 Å². The summed E-state index contributed by atoms with van der Waals surface area (Å²) in [6.45, 7) is 3.42. The Kier molecular flexibility index (Phi) is 6.99. The van der Waals surface area contributed by atoms with E-state index in [9.17, 15) is 4.79 Å². The highest BCUT2D eigenvalue weighted by Crippen LogP contribution is 2.17. The third kappa shape index (κ3) is 5.50. The normalized spacial score (nSPS) is 24.2. The van der Waals surface area contributed by atoms with E-state index in [1.807, 2.05) is 22.7 Å². The molecule has 1 N–H and O–H groups in total. The van der Waals surface area contributed by atoms with E-state index in [1.54, 1.807) is 0 Å². The van der Waals surface area contributed by atoms with Crippen LogP contribution in [0.2, 0.25) is 0 Å². The molecule has 132 valence electrons. The Bertz CT molecular complexity index is 505. The van der Waals surface area contributed by atoms with Gasteiger partial charge in [0.2, 0.25) is 5.91 Å². The predicted octanol–water partition coefficient (Wildman–Crippen LogP) is 2.33. The zero-order valence-corrected chi connectivity index (χ0v) is 15.1. The molecule has 1 amide bonds. The Labute approximate surface area is 149 Å². The second-order valence-corrected chi connectivity index (χ2v) is 7.79. The monoisotopic (exact) mass is 348 g/mol. The number of nitrogens with zero attached hydrogens (tertiary/aromatic N) is 1. The summed E-state index contributed by atoms with van der Waals surface area (Å²) in [6.07, 6.45) is 3.93. The van der Waals surface area contributed by atoms with Gasteiger partial charge in [0.15, 0.2) is 0 Å². The van der Waals surface area contributed by atoms with Crippen LogP contribution in [-0.2, 0) is 16.0 Å². The van der Waals surface area contributed by atoms with Gasteiger partial charge in [0.05, 0.1) is 6.10 Å². The van der Waals surface area contributed by atoms with E-state index < -0.39 is 0 Å². The molecule has 2 heterocycles. The molecule has 3 rings (SSSR count). The molecule has 2 atom stereocenters. The maximum atomic E-state index is 12.4. The van der Waals surface area contributed by atoms with Gasteiger partial charge in [-0.25, -0.2) is 0 Å². The van der Waals surface area contributed by atoms with Crippen molar-refractivity contribution in [2.24, 2.45) is 0 Å². The van der Waals surface area contributed by atoms with Gasteiger partial charge in [0.25, 0.3) is 0 Å². The number of carbonyl (C=O) groups excluding carboxylic acids is 1. The van der Waals surface area contributed by atoms with E-state index in [2.05, 4.69) is 29.6 Å². The Morgan fingerprint density at radius 3 is 3.00 bits per heavy atom. The highest BCUT2D eigenvalue weighted by molar-refractivity contribution is 7.99. The number of hydrogen-bond acceptors (Lipinski definition) is 4. The summed E-state index contributed by atoms with van der Waals surface area (Å²) in [5, 5.41) is 3.44. The minimum absolute atomic E-state index is 0.221. The summed E-state index contributed by atoms with van der Waals surface area (Å²) < 4.78 is 5.98. The molecule has 0 spiro atoms. The number of ether oxygens (including phenoxy) is 1. The summed E-state index contributed by atoms with van der Waals surface area (Å²) >= 11 is 1.94. The van der Waals surface area contributed by atoms with Crippen LogP contribution >= 0.6 is 11.8 Å². The molecule has 2 aliphatic heterocycles. The lowest BCUT2D eigenvalue weighted by Crippen LogP contribution is -2.42. The molecule has 2 unspecified atom stereocenters. The third-order valence-corrected chi connectivity index (χ3v) is 5.85. The lowest BCUT2D eigenvalue weighted by Gasteiger charge is -2.25. The molecule has 1 aromatic carbocycles. The lowest BCUT2D eigenvalue weighted by atomic mass is 10.1. The number of benzene rings is 1. The largest absolute Gasteiger partial charge is 0.376 e. The molecule has 0 bridgehead atoms. The van der Waals surface area contributed by atoms with Gasteiger partial charge < -0.3 is 15.0 Å². The van der Waals surface area contributed by atoms with Crippen molar-refractivity contribution < 1.29 is 9.53 Å². The van der Waals surface area contributed by atoms with Gasteiger partial charge in [0.1, 0.15) is 0 Å². The zero-order valence-electron chi connectivity index (χ0n) is 14.3. The van der Waals surface area contributed by atoms with Crippen molar-refractivity contribution in [3.8, 4) is 0 Å². The first-order valence-corrected chi connectivity index (χ1v) is 10.2. The minimum Gasteiger partial charge on any atom is -0.376 e. The van der Waals surface area contributed by atoms with Gasteiger partial charge in [-0.05, 0) is 24.8 Å². The Morgan fingerprint density at radius 1 is 1.33 bits per heavy atom. The molecule has 2 aliphatic rings. The quantitative estimate of drug-likeness (QED) is 0.768. The zero-order chi connectivity index (χ0) is 16.6. The second-order valence-electron chi connectivity index (χ2n) is 6.64. The van der Waals surface area contributed by atoms with Crippen molar-refractivity contribution in [1.82, 2.24) is 10.2 Å². The Balaban J connectivity index is 1.31. The second kappa shape index (κ2) is 9.44. The molecule has 2 saturated heterocycles. The smallest absolute Gasteiger partial charge is 0.224 e. The van der Waals surface area contributed by atoms with E-state index >= 15 is 0 Å². The molecule has 2 fully saturated rings. The first-order chi connectivity index (χ1) is 11.8. The van der Waals surface area contributed by atoms with Crippen molar-refractivity contribution in [2.45, 2.75) is 37.8 Å². The van der Waals surface area contributed by atoms with Crippen molar-refractivity contribution in [1.29, 1.82) is 0 Å². The average molecular weight is 349 g/mol. The van der Waals surface area contributed by atoms with E-state index in [-0.39, 0.29) is 12.0 Å². The van der Waals surface area contributed by atoms with Crippen LogP contribution < -0.4 is 5.32 Å². The summed E-state index contributed by atoms with van der Waals surface area (Å²) in [5.74, 6) is 2.50. The summed E-state index contributed by atoms with van der Waals surface area (Å²) in [4.78, 5) is 14.4. The SMILES string of the molecule is O=C(CC1CSCCN1)N1CCC(OCCCc2ccccc2)C1. The molecule has 24 heavy (non-hydrogen) atoms. The molecule has 0 radical (unpaired) electrons. The molecule has 1 aromatic rings. The molecule has 0 saturated carbocycles. The van der Waals surface area contributed by atoms with Crippen LogP contribution in [0.3, 0.4) is 0 Å². The number of rotatable bonds is 7. The van der Waals surface area contributed by atoms with Crippen molar-refractivity contribution >= 4 is 17.7 Å². The highest BCUT2D eigenvalue weighted by Gasteiger charge is 2.28. The first kappa shape index (κ1) is 17.8. The molecule has 4 nitrogen and oxygen atoms in total. The highest BCUT2D eigenvalue weighted by atomic mass is 32.2. The van der Waals surface area contributed by atoms with Gasteiger partial charge in [0, 0.05) is 50.2 Å². The Morgan fingerprint density at radius 2 is 2.21 bits per heavy atom. The van der Waals surface area contributed by atoms with Crippen LogP contribution in [0.1, 0.15) is 24.8 Å². The molecular formula is C19H28N2O2S. The van der Waals surface area contributed by atoms with Crippen LogP contribution in [0.5, 0.6) is 0 Å². The molecule has 0 aromatic heterocycles. The van der Waals surface area contributed by atoms with Gasteiger partial charge in [-0.15, -0.1) is 0 Å². The first-order valence-electron chi connectivity index (χ1n) is 9.05. The fourth-order valence-electron chi connectivity index (χ4n) is 3.35. The molecular weight excluding hydrogens is 320 g/mol. The summed E-state index contributed by atoms with van der Waals surface area (Å²) in [6, 6.07) is 10.9. The standard InChI is InChI=1S/C19H28N2O2S/c22-19(13-17-15-24-12-9-20-17)21-10-8-18(14-21)23-11-4-7-16-5-2-1-3-6-16/h1-3,5-6,17-18,20H,4,7-15H2. The number of carbonyl (C=O) groups is 1. The van der Waals surface area contributed by atoms with Crippen LogP contribution in [-0.4, -0.2) is 60.7 Å². The predicted molar refractivity (Wildman–Crippen MR) is 99.4 cm³/mol. The number of aryl methyl sites for hydroxylation is 1. The fraction of sp³-hybridized carbons (Fsp3) is 0.632. The summed E-state index contributed by atoms with van der Waals surface area (Å²) in [5.41, 5.74) is 1.36. The van der Waals surface area contributed by atoms with Crippen LogP contribution in [0.15, 0.2) is 30.3 Å². The number of hydrogen-bond donors (Lipinski definition) is 1. The summed E-state index contributed by atoms with van der Waals surface area (Å²) in [7, 11) is 0. The number of likely N-dealkylation sites (tertiary alicyclic amines) is 1. The average Bonchev–Trinajstić information content (AvgIpc) is 3.10. The maximum absolute atomic E-state index is 12.4. The van der Waals surface area contributed by atoms with E-state index in [1.165, 1.54) is 5.56 Å². The van der Waals surface area contributed by atoms with Crippen LogP contribution in [0.4, 0.5) is 0 Å². The van der Waals surface area contributed by atoms with Crippen LogP contribution in [0.25, 0.3) is 0 Å².